The van der Waals surface area contributed by atoms with Gasteiger partial charge in [0.25, 0.3) is 0 Å². The van der Waals surface area contributed by atoms with E-state index in [1.807, 2.05) is 49.4 Å². The van der Waals surface area contributed by atoms with Crippen LogP contribution in [0.4, 0.5) is 48.6 Å². The molecule has 0 N–H and O–H groups in total. The summed E-state index contributed by atoms with van der Waals surface area (Å²) in [4.78, 5) is 14.3. The molecule has 0 aliphatic carbocycles. The minimum absolute atomic E-state index is 0. The van der Waals surface area contributed by atoms with E-state index in [0.29, 0.717) is 0 Å². The number of halogens is 8. The maximum absolute atomic E-state index is 12.1. The van der Waals surface area contributed by atoms with Gasteiger partial charge in [-0.15, -0.1) is 0 Å². The second-order valence-corrected chi connectivity index (χ2v) is 29.5. The lowest BCUT2D eigenvalue weighted by Gasteiger charge is -2.24. The van der Waals surface area contributed by atoms with Gasteiger partial charge in [0.05, 0.1) is 37.8 Å². The van der Waals surface area contributed by atoms with Crippen LogP contribution in [0.1, 0.15) is 109 Å². The zero-order valence-electron chi connectivity index (χ0n) is 61.8. The van der Waals surface area contributed by atoms with Crippen LogP contribution in [0.2, 0.25) is 0 Å². The molecule has 0 bridgehead atoms. The summed E-state index contributed by atoms with van der Waals surface area (Å²) in [5.74, 6) is -0.0630. The number of ketones is 1. The quantitative estimate of drug-likeness (QED) is 0.0472. The predicted molar refractivity (Wildman–Crippen MR) is 416 cm³/mol. The average Bonchev–Trinajstić information content (AvgIpc) is 1.61. The van der Waals surface area contributed by atoms with Gasteiger partial charge >= 0.3 is 15.1 Å². The Kier molecular flexibility index (Phi) is 26.4. The van der Waals surface area contributed by atoms with Crippen molar-refractivity contribution in [2.45, 2.75) is 109 Å². The largest absolute Gasteiger partial charge is 1.00 e. The van der Waals surface area contributed by atoms with E-state index < -0.39 is 25.2 Å². The fourth-order valence-electron chi connectivity index (χ4n) is 14.9. The Balaban J connectivity index is 0.000000201. The molecule has 0 saturated carbocycles. The first-order valence-corrected chi connectivity index (χ1v) is 35.5. The summed E-state index contributed by atoms with van der Waals surface area (Å²) < 4.78 is 96.2. The smallest absolute Gasteiger partial charge is 0.762 e. The predicted octanol–water partition coefficient (Wildman–Crippen LogP) is 15.3. The normalized spacial score (nSPS) is 16.1. The third kappa shape index (κ3) is 17.5. The number of aryl methyl sites for hydroxylation is 1. The van der Waals surface area contributed by atoms with Crippen LogP contribution >= 0.6 is 0 Å². The fraction of sp³-hybridized carbons (Fsp3) is 0.233. The third-order valence-corrected chi connectivity index (χ3v) is 21.2. The van der Waals surface area contributed by atoms with E-state index in [2.05, 4.69) is 297 Å². The van der Waals surface area contributed by atoms with Crippen LogP contribution in [-0.2, 0) is 36.6 Å². The molecule has 0 saturated heterocycles. The van der Waals surface area contributed by atoms with Crippen LogP contribution in [0.15, 0.2) is 265 Å². The molecule has 14 rings (SSSR count). The Morgan fingerprint density at radius 3 is 1.40 bits per heavy atom. The molecule has 0 aromatic heterocycles. The molecule has 105 heavy (non-hydrogen) atoms. The highest BCUT2D eigenvalue weighted by Crippen LogP contribution is 2.51. The zero-order valence-corrected chi connectivity index (χ0v) is 62.7. The van der Waals surface area contributed by atoms with Gasteiger partial charge in [-0.1, -0.05) is 214 Å². The van der Waals surface area contributed by atoms with Gasteiger partial charge in [0.2, 0.25) is 17.1 Å². The van der Waals surface area contributed by atoms with Crippen molar-refractivity contribution in [3.63, 3.8) is 0 Å². The van der Waals surface area contributed by atoms with Crippen molar-refractivity contribution >= 4 is 114 Å². The summed E-state index contributed by atoms with van der Waals surface area (Å²) in [6, 6.07) is 68.3. The summed E-state index contributed by atoms with van der Waals surface area (Å²) in [5.41, 5.74) is 18.1. The van der Waals surface area contributed by atoms with Crippen LogP contribution in [-0.4, -0.2) is 92.9 Å². The molecule has 4 heterocycles. The monoisotopic (exact) mass is 1450 g/mol. The highest BCUT2D eigenvalue weighted by molar-refractivity contribution is 7.85. The van der Waals surface area contributed by atoms with Crippen LogP contribution in [0.5, 0.6) is 0 Å². The van der Waals surface area contributed by atoms with E-state index in [9.17, 15) is 43.7 Å². The molecule has 4 aliphatic rings. The number of anilines is 1. The van der Waals surface area contributed by atoms with Crippen LogP contribution in [0.25, 0.3) is 43.1 Å². The molecule has 10 aromatic rings. The number of Topliss-reactive ketones (excluding diaryl/α,β-unsaturated/α-hetero) is 1. The number of rotatable bonds is 9. The zero-order chi connectivity index (χ0) is 75.1. The van der Waals surface area contributed by atoms with E-state index >= 15 is 0 Å². The second kappa shape index (κ2) is 33.8. The minimum atomic E-state index is -4.27. The Bertz CT molecular complexity index is 5230. The molecule has 0 spiro atoms. The Morgan fingerprint density at radius 1 is 0.476 bits per heavy atom. The van der Waals surface area contributed by atoms with E-state index in [1.54, 1.807) is 19.1 Å². The molecule has 4 aliphatic heterocycles. The summed E-state index contributed by atoms with van der Waals surface area (Å²) in [6.07, 6.45) is 19.3. The number of hydrogen-bond donors (Lipinski definition) is 0. The maximum atomic E-state index is 12.1. The number of carbonyl (C=O) groups excluding carboxylic acids is 1. The number of fused-ring (bicyclic) bond motifs is 12. The summed E-state index contributed by atoms with van der Waals surface area (Å²) in [6.45, 7) is 24.2. The van der Waals surface area contributed by atoms with Gasteiger partial charge in [-0.05, 0) is 141 Å². The van der Waals surface area contributed by atoms with Gasteiger partial charge in [-0.2, -0.15) is 9.15 Å². The Morgan fingerprint density at radius 2 is 0.895 bits per heavy atom. The van der Waals surface area contributed by atoms with Crippen molar-refractivity contribution in [2.24, 2.45) is 0 Å². The van der Waals surface area contributed by atoms with E-state index in [0.717, 1.165) is 11.1 Å². The standard InChI is InChI=1S/C35H35N2.C28H28NO.C16H18N.C7H8O3S.2BF3.2FH/c1-34(2)28-22-20-25-15-11-13-17-27(25)33(28)37(6)30(34)18-8-7-9-19-31-35(3,4)32-26-16-12-10-14-24(26)21-23-29(32)36(31)5;1-20(30)23(21-12-6-5-7-13-21)15-10-11-17-26-28(2,3)27-24-16-9-8-14-22(24)18-19-25(27)29(26)4;1-11-16(2,3)14-10-9-12-7-5-6-8-13(12)15(14)17(11)4;1-6-2-4-7(5-3-6)11(8,9)10;2*2-1(3)4;;/h7-23H,1-6H3;5-19,23H,1-4H3;5-10H,1-4H3;2-5H,1H3,(H,8,9,10);;;2*1H/q3*+1;;;;;/p-3. The molecule has 0 radical (unpaired) electrons. The van der Waals surface area contributed by atoms with Crippen molar-refractivity contribution < 1.29 is 66.8 Å². The number of carbonyl (C=O) groups is 1. The molecule has 0 fully saturated rings. The lowest BCUT2D eigenvalue weighted by atomic mass is 9.79. The van der Waals surface area contributed by atoms with Crippen molar-refractivity contribution in [3.8, 4) is 0 Å². The van der Waals surface area contributed by atoms with E-state index in [1.165, 1.54) is 123 Å². The first kappa shape index (κ1) is 82.2. The minimum Gasteiger partial charge on any atom is -1.00 e. The van der Waals surface area contributed by atoms with E-state index in [-0.39, 0.29) is 47.7 Å². The summed E-state index contributed by atoms with van der Waals surface area (Å²) in [7, 11) is -2.91. The average molecular weight is 1450 g/mol. The maximum Gasteiger partial charge on any atom is 0.762 e. The highest BCUT2D eigenvalue weighted by Gasteiger charge is 2.46. The van der Waals surface area contributed by atoms with Gasteiger partial charge in [-0.3, -0.25) is 30.7 Å². The van der Waals surface area contributed by atoms with Gasteiger partial charge in [-0.25, -0.2) is 13.0 Å². The third-order valence-electron chi connectivity index (χ3n) is 20.3. The molecule has 0 amide bonds. The molecule has 544 valence electrons. The number of likely N-dealkylation sites (N-methyl/N-ethyl adjacent to an activating group) is 1. The van der Waals surface area contributed by atoms with Crippen LogP contribution < -0.4 is 14.3 Å². The van der Waals surface area contributed by atoms with Gasteiger partial charge in [0.1, 0.15) is 37.0 Å². The number of benzene rings is 10. The fourth-order valence-corrected chi connectivity index (χ4v) is 15.4. The van der Waals surface area contributed by atoms with Crippen molar-refractivity contribution in [1.82, 2.24) is 0 Å². The summed E-state index contributed by atoms with van der Waals surface area (Å²) >= 11 is 0. The second-order valence-electron chi connectivity index (χ2n) is 28.1. The molecule has 1 atom stereocenters. The Labute approximate surface area is 613 Å². The number of nitrogens with zero attached hydrogens (tertiary/aromatic N) is 4. The number of hydrogen-bond acceptors (Lipinski definition) is 5. The topological polar surface area (TPSA) is 86.5 Å². The van der Waals surface area contributed by atoms with Gasteiger partial charge < -0.3 is 18.9 Å². The molecule has 19 heteroatoms. The summed E-state index contributed by atoms with van der Waals surface area (Å²) in [5, 5.41) is 10.5. The molecule has 1 unspecified atom stereocenters. The van der Waals surface area contributed by atoms with Crippen molar-refractivity contribution in [3.05, 3.63) is 294 Å². The van der Waals surface area contributed by atoms with Crippen LogP contribution in [0, 0.1) is 6.92 Å². The first-order chi connectivity index (χ1) is 48.6. The molecule has 8 nitrogen and oxygen atoms in total. The lowest BCUT2D eigenvalue weighted by molar-refractivity contribution is -0.401. The lowest BCUT2D eigenvalue weighted by Crippen LogP contribution is -3.00. The SMILES string of the molecule is CC(=O)C(C=CC=CC1=[N+](C)c2ccc3ccccc3c2C1(C)C)c1ccccc1.CC1=[N+](C)c2c(ccc3ccccc23)C1(C)C.CN1C(=CC=CC=CC2=[N+](C)c3c(ccc4ccccc34)C2(C)C)C(C)(C)c2c1ccc1ccccc21.Cc1ccc(S(=O)(=O)[O-])cc1.FB(F)F.FB(F)F.[F-].[F-]. The van der Waals surface area contributed by atoms with E-state index in [4.69, 9.17) is 0 Å². The van der Waals surface area contributed by atoms with Crippen molar-refractivity contribution in [1.29, 1.82) is 0 Å². The van der Waals surface area contributed by atoms with Gasteiger partial charge in [0.15, 0.2) is 17.1 Å². The molecular formula is C86H88B2F8N4O4S. The highest BCUT2D eigenvalue weighted by atomic mass is 32.2. The first-order valence-electron chi connectivity index (χ1n) is 34.1. The van der Waals surface area contributed by atoms with Gasteiger partial charge in [0, 0.05) is 65.7 Å². The van der Waals surface area contributed by atoms with Crippen LogP contribution in [0.3, 0.4) is 0 Å². The Hall–Kier alpha value is -10.1. The van der Waals surface area contributed by atoms with Crippen molar-refractivity contribution in [2.75, 3.05) is 33.1 Å². The molecule has 10 aromatic carbocycles. The number of allylic oxidation sites excluding steroid dienone is 10. The molecular weight excluding hydrogens is 1360 g/mol.